The lowest BCUT2D eigenvalue weighted by atomic mass is 10.4. The SMILES string of the molecule is CC(O)/C=C/C=N. The number of rotatable bonds is 2. The molecule has 0 spiro atoms. The second kappa shape index (κ2) is 3.56. The third kappa shape index (κ3) is 5.37. The van der Waals surface area contributed by atoms with E-state index in [-0.39, 0.29) is 0 Å². The van der Waals surface area contributed by atoms with Crippen molar-refractivity contribution in [2.75, 3.05) is 0 Å². The predicted molar refractivity (Wildman–Crippen MR) is 29.6 cm³/mol. The fourth-order valence-corrected chi connectivity index (χ4v) is 0.216. The Morgan fingerprint density at radius 1 is 1.71 bits per heavy atom. The van der Waals surface area contributed by atoms with Crippen LogP contribution in [0.2, 0.25) is 0 Å². The van der Waals surface area contributed by atoms with Crippen LogP contribution in [0.15, 0.2) is 12.2 Å². The molecule has 0 aliphatic carbocycles. The third-order valence-electron chi connectivity index (χ3n) is 0.486. The van der Waals surface area contributed by atoms with E-state index >= 15 is 0 Å². The average Bonchev–Trinajstić information content (AvgIpc) is 1.61. The van der Waals surface area contributed by atoms with Gasteiger partial charge in [-0.25, -0.2) is 0 Å². The highest BCUT2D eigenvalue weighted by Gasteiger charge is 1.79. The molecule has 1 unspecified atom stereocenters. The van der Waals surface area contributed by atoms with Gasteiger partial charge in [-0.05, 0) is 13.0 Å². The van der Waals surface area contributed by atoms with E-state index in [0.29, 0.717) is 0 Å². The molecule has 0 saturated carbocycles. The van der Waals surface area contributed by atoms with E-state index < -0.39 is 6.10 Å². The highest BCUT2D eigenvalue weighted by Crippen LogP contribution is 1.77. The second-order valence-electron chi connectivity index (χ2n) is 1.29. The maximum absolute atomic E-state index is 8.49. The minimum Gasteiger partial charge on any atom is -0.389 e. The molecule has 0 amide bonds. The van der Waals surface area contributed by atoms with Crippen molar-refractivity contribution in [1.29, 1.82) is 5.41 Å². The summed E-state index contributed by atoms with van der Waals surface area (Å²) in [5, 5.41) is 15.0. The predicted octanol–water partition coefficient (Wildman–Crippen LogP) is 0.573. The Morgan fingerprint density at radius 2 is 2.29 bits per heavy atom. The van der Waals surface area contributed by atoms with E-state index in [1.54, 1.807) is 6.92 Å². The van der Waals surface area contributed by atoms with Crippen LogP contribution in [0.25, 0.3) is 0 Å². The zero-order valence-electron chi connectivity index (χ0n) is 4.26. The van der Waals surface area contributed by atoms with Gasteiger partial charge >= 0.3 is 0 Å². The van der Waals surface area contributed by atoms with Crippen LogP contribution in [0.1, 0.15) is 6.92 Å². The number of hydrogen-bond donors (Lipinski definition) is 2. The van der Waals surface area contributed by atoms with Gasteiger partial charge in [0.25, 0.3) is 0 Å². The Labute approximate surface area is 43.0 Å². The molecule has 0 heterocycles. The van der Waals surface area contributed by atoms with E-state index in [2.05, 4.69) is 0 Å². The smallest absolute Gasteiger partial charge is 0.0696 e. The van der Waals surface area contributed by atoms with Crippen molar-refractivity contribution in [3.8, 4) is 0 Å². The van der Waals surface area contributed by atoms with Gasteiger partial charge in [-0.15, -0.1) is 0 Å². The van der Waals surface area contributed by atoms with Crippen LogP contribution in [0.3, 0.4) is 0 Å². The van der Waals surface area contributed by atoms with Crippen LogP contribution in [-0.4, -0.2) is 17.4 Å². The van der Waals surface area contributed by atoms with Gasteiger partial charge in [0.05, 0.1) is 6.10 Å². The topological polar surface area (TPSA) is 44.1 Å². The first-order chi connectivity index (χ1) is 3.27. The van der Waals surface area contributed by atoms with Crippen LogP contribution in [0.5, 0.6) is 0 Å². The van der Waals surface area contributed by atoms with E-state index in [1.807, 2.05) is 0 Å². The molecule has 0 aliphatic heterocycles. The van der Waals surface area contributed by atoms with Crippen LogP contribution in [0.4, 0.5) is 0 Å². The minimum atomic E-state index is -0.429. The average molecular weight is 99.1 g/mol. The lowest BCUT2D eigenvalue weighted by molar-refractivity contribution is 0.244. The molecule has 0 aromatic heterocycles. The Kier molecular flexibility index (Phi) is 3.24. The van der Waals surface area contributed by atoms with Crippen molar-refractivity contribution in [3.63, 3.8) is 0 Å². The van der Waals surface area contributed by atoms with Gasteiger partial charge in [0.15, 0.2) is 0 Å². The summed E-state index contributed by atoms with van der Waals surface area (Å²) in [6, 6.07) is 0. The molecule has 0 fully saturated rings. The molecule has 1 atom stereocenters. The molecule has 7 heavy (non-hydrogen) atoms. The van der Waals surface area contributed by atoms with Crippen LogP contribution in [0, 0.1) is 5.41 Å². The molecule has 0 aliphatic rings. The summed E-state index contributed by atoms with van der Waals surface area (Å²) in [5.41, 5.74) is 0. The highest BCUT2D eigenvalue weighted by molar-refractivity contribution is 5.67. The van der Waals surface area contributed by atoms with Gasteiger partial charge in [0.2, 0.25) is 0 Å². The first-order valence-corrected chi connectivity index (χ1v) is 2.12. The van der Waals surface area contributed by atoms with Crippen molar-refractivity contribution >= 4 is 6.21 Å². The summed E-state index contributed by atoms with van der Waals surface area (Å²) in [5.74, 6) is 0. The molecule has 2 nitrogen and oxygen atoms in total. The molecule has 0 aromatic rings. The van der Waals surface area contributed by atoms with Gasteiger partial charge in [-0.2, -0.15) is 0 Å². The quantitative estimate of drug-likeness (QED) is 0.488. The monoisotopic (exact) mass is 99.1 g/mol. The molecule has 0 radical (unpaired) electrons. The molecule has 40 valence electrons. The highest BCUT2D eigenvalue weighted by atomic mass is 16.3. The molecule has 0 rings (SSSR count). The number of aliphatic hydroxyl groups excluding tert-OH is 1. The minimum absolute atomic E-state index is 0.429. The van der Waals surface area contributed by atoms with E-state index in [0.717, 1.165) is 6.21 Å². The van der Waals surface area contributed by atoms with Crippen molar-refractivity contribution in [2.45, 2.75) is 13.0 Å². The van der Waals surface area contributed by atoms with E-state index in [9.17, 15) is 0 Å². The lowest BCUT2D eigenvalue weighted by Gasteiger charge is -1.87. The Morgan fingerprint density at radius 3 is 2.43 bits per heavy atom. The normalized spacial score (nSPS) is 14.6. The van der Waals surface area contributed by atoms with Gasteiger partial charge in [0, 0.05) is 6.21 Å². The van der Waals surface area contributed by atoms with Gasteiger partial charge < -0.3 is 10.5 Å². The number of aliphatic hydroxyl groups is 1. The summed E-state index contributed by atoms with van der Waals surface area (Å²) in [7, 11) is 0. The number of allylic oxidation sites excluding steroid dienone is 1. The Bertz CT molecular complexity index is 76.1. The van der Waals surface area contributed by atoms with E-state index in [4.69, 9.17) is 10.5 Å². The van der Waals surface area contributed by atoms with E-state index in [1.165, 1.54) is 12.2 Å². The summed E-state index contributed by atoms with van der Waals surface area (Å²) < 4.78 is 0. The first kappa shape index (κ1) is 6.37. The molecule has 0 bridgehead atoms. The van der Waals surface area contributed by atoms with Gasteiger partial charge in [0.1, 0.15) is 0 Å². The first-order valence-electron chi connectivity index (χ1n) is 2.12. The molecular formula is C5H9NO. The number of hydrogen-bond acceptors (Lipinski definition) is 2. The fraction of sp³-hybridized carbons (Fsp3) is 0.400. The fourth-order valence-electron chi connectivity index (χ4n) is 0.216. The molecule has 2 heteroatoms. The van der Waals surface area contributed by atoms with Gasteiger partial charge in [-0.3, -0.25) is 0 Å². The zero-order chi connectivity index (χ0) is 5.70. The lowest BCUT2D eigenvalue weighted by Crippen LogP contribution is -1.90. The summed E-state index contributed by atoms with van der Waals surface area (Å²) in [6.07, 6.45) is 3.73. The standard InChI is InChI=1S/C5H9NO/c1-5(7)3-2-4-6/h2-7H,1H3/b3-2+,6-4?. The third-order valence-corrected chi connectivity index (χ3v) is 0.486. The van der Waals surface area contributed by atoms with Crippen molar-refractivity contribution in [2.24, 2.45) is 0 Å². The van der Waals surface area contributed by atoms with Crippen molar-refractivity contribution < 1.29 is 5.11 Å². The van der Waals surface area contributed by atoms with Crippen LogP contribution >= 0.6 is 0 Å². The van der Waals surface area contributed by atoms with Crippen LogP contribution in [-0.2, 0) is 0 Å². The van der Waals surface area contributed by atoms with Crippen molar-refractivity contribution in [3.05, 3.63) is 12.2 Å². The Balaban J connectivity index is 3.25. The Hall–Kier alpha value is -0.630. The summed E-state index contributed by atoms with van der Waals surface area (Å²) >= 11 is 0. The van der Waals surface area contributed by atoms with Gasteiger partial charge in [-0.1, -0.05) is 6.08 Å². The zero-order valence-corrected chi connectivity index (χ0v) is 4.26. The van der Waals surface area contributed by atoms with Crippen LogP contribution < -0.4 is 0 Å². The summed E-state index contributed by atoms with van der Waals surface area (Å²) in [4.78, 5) is 0. The molecular weight excluding hydrogens is 90.1 g/mol. The molecule has 0 aromatic carbocycles. The molecule has 0 saturated heterocycles. The maximum atomic E-state index is 8.49. The summed E-state index contributed by atoms with van der Waals surface area (Å²) in [6.45, 7) is 1.64. The second-order valence-corrected chi connectivity index (χ2v) is 1.29. The molecule has 2 N–H and O–H groups in total. The largest absolute Gasteiger partial charge is 0.389 e. The van der Waals surface area contributed by atoms with Crippen molar-refractivity contribution in [1.82, 2.24) is 0 Å². The number of nitrogens with one attached hydrogen (secondary N) is 1. The maximum Gasteiger partial charge on any atom is 0.0696 e.